The van der Waals surface area contributed by atoms with E-state index in [4.69, 9.17) is 0 Å². The third-order valence-corrected chi connectivity index (χ3v) is 7.81. The second-order valence-electron chi connectivity index (χ2n) is 7.29. The second-order valence-corrected chi connectivity index (χ2v) is 9.32. The normalized spacial score (nSPS) is 14.4. The zero-order chi connectivity index (χ0) is 20.0. The van der Waals surface area contributed by atoms with Gasteiger partial charge in [0.25, 0.3) is 5.56 Å². The molecule has 4 aromatic rings. The molecule has 0 bridgehead atoms. The summed E-state index contributed by atoms with van der Waals surface area (Å²) in [6.45, 7) is 2.50. The smallest absolute Gasteiger partial charge is 0.263 e. The van der Waals surface area contributed by atoms with E-state index in [1.807, 2.05) is 17.4 Å². The second kappa shape index (κ2) is 7.57. The summed E-state index contributed by atoms with van der Waals surface area (Å²) in [5.74, 6) is 0.815. The highest BCUT2D eigenvalue weighted by Gasteiger charge is 2.24. The van der Waals surface area contributed by atoms with Gasteiger partial charge in [-0.1, -0.05) is 36.4 Å². The van der Waals surface area contributed by atoms with Crippen molar-refractivity contribution in [3.8, 4) is 0 Å². The molecule has 0 unspecified atom stereocenters. The Morgan fingerprint density at radius 3 is 2.83 bits per heavy atom. The number of thiophene rings is 1. The van der Waals surface area contributed by atoms with E-state index in [2.05, 4.69) is 10.2 Å². The van der Waals surface area contributed by atoms with Gasteiger partial charge in [-0.3, -0.25) is 9.36 Å². The van der Waals surface area contributed by atoms with Crippen molar-refractivity contribution in [1.29, 1.82) is 0 Å². The lowest BCUT2D eigenvalue weighted by atomic mass is 10.1. The standard InChI is InChI=1S/C21H21FN4OS2/c1-2-25-18(27)17-14-9-4-3-5-11-16(14)29-19(17)26-20(25)23-24-21(26)28-12-13-8-6-7-10-15(13)22/h6-8,10H,2-5,9,11-12H2,1H3. The first-order valence-electron chi connectivity index (χ1n) is 9.97. The van der Waals surface area contributed by atoms with E-state index in [1.165, 1.54) is 41.1 Å². The summed E-state index contributed by atoms with van der Waals surface area (Å²) in [6, 6.07) is 6.79. The van der Waals surface area contributed by atoms with Crippen LogP contribution in [0.15, 0.2) is 34.2 Å². The predicted molar refractivity (Wildman–Crippen MR) is 116 cm³/mol. The van der Waals surface area contributed by atoms with Crippen LogP contribution in [0.2, 0.25) is 0 Å². The van der Waals surface area contributed by atoms with Gasteiger partial charge >= 0.3 is 0 Å². The summed E-state index contributed by atoms with van der Waals surface area (Å²) in [4.78, 5) is 15.5. The number of nitrogens with zero attached hydrogens (tertiary/aromatic N) is 4. The maximum atomic E-state index is 14.1. The van der Waals surface area contributed by atoms with Gasteiger partial charge in [0, 0.05) is 17.2 Å². The molecule has 3 aromatic heterocycles. The van der Waals surface area contributed by atoms with Crippen LogP contribution in [0, 0.1) is 5.82 Å². The average molecular weight is 429 g/mol. The largest absolute Gasteiger partial charge is 0.277 e. The first-order valence-corrected chi connectivity index (χ1v) is 11.8. The van der Waals surface area contributed by atoms with Crippen molar-refractivity contribution >= 4 is 39.1 Å². The topological polar surface area (TPSA) is 52.2 Å². The summed E-state index contributed by atoms with van der Waals surface area (Å²) in [6.07, 6.45) is 5.49. The third-order valence-electron chi connectivity index (χ3n) is 5.55. The molecule has 29 heavy (non-hydrogen) atoms. The Morgan fingerprint density at radius 2 is 2.00 bits per heavy atom. The molecule has 1 aromatic carbocycles. The Labute approximate surface area is 175 Å². The fourth-order valence-electron chi connectivity index (χ4n) is 4.08. The first-order chi connectivity index (χ1) is 14.2. The molecular formula is C21H21FN4OS2. The molecule has 0 spiro atoms. The first kappa shape index (κ1) is 18.8. The lowest BCUT2D eigenvalue weighted by Crippen LogP contribution is -2.22. The Hall–Kier alpha value is -2.19. The zero-order valence-corrected chi connectivity index (χ0v) is 17.8. The van der Waals surface area contributed by atoms with Crippen LogP contribution in [0.3, 0.4) is 0 Å². The van der Waals surface area contributed by atoms with E-state index in [1.54, 1.807) is 28.0 Å². The summed E-state index contributed by atoms with van der Waals surface area (Å²) < 4.78 is 17.8. The molecule has 150 valence electrons. The number of aromatic nitrogens is 4. The van der Waals surface area contributed by atoms with Crippen LogP contribution in [0.4, 0.5) is 4.39 Å². The van der Waals surface area contributed by atoms with Gasteiger partial charge in [0.1, 0.15) is 10.6 Å². The van der Waals surface area contributed by atoms with Crippen molar-refractivity contribution in [2.45, 2.75) is 56.5 Å². The van der Waals surface area contributed by atoms with Crippen LogP contribution in [0.5, 0.6) is 0 Å². The maximum Gasteiger partial charge on any atom is 0.263 e. The van der Waals surface area contributed by atoms with Crippen LogP contribution >= 0.6 is 23.1 Å². The van der Waals surface area contributed by atoms with Crippen molar-refractivity contribution in [1.82, 2.24) is 19.2 Å². The lowest BCUT2D eigenvalue weighted by Gasteiger charge is -2.08. The fourth-order valence-corrected chi connectivity index (χ4v) is 6.44. The quantitative estimate of drug-likeness (QED) is 0.345. The molecule has 0 radical (unpaired) electrons. The number of halogens is 1. The van der Waals surface area contributed by atoms with Gasteiger partial charge in [0.05, 0.1) is 5.39 Å². The summed E-state index contributed by atoms with van der Waals surface area (Å²) in [5.41, 5.74) is 1.89. The molecule has 5 rings (SSSR count). The van der Waals surface area contributed by atoms with Crippen LogP contribution in [-0.4, -0.2) is 19.2 Å². The average Bonchev–Trinajstić information content (AvgIpc) is 3.22. The minimum absolute atomic E-state index is 0.0347. The molecule has 0 saturated heterocycles. The van der Waals surface area contributed by atoms with E-state index < -0.39 is 0 Å². The van der Waals surface area contributed by atoms with Crippen LogP contribution in [-0.2, 0) is 25.1 Å². The number of fused-ring (bicyclic) bond motifs is 5. The minimum Gasteiger partial charge on any atom is -0.277 e. The maximum absolute atomic E-state index is 14.1. The van der Waals surface area contributed by atoms with Gasteiger partial charge in [-0.25, -0.2) is 8.79 Å². The van der Waals surface area contributed by atoms with E-state index in [0.717, 1.165) is 29.5 Å². The van der Waals surface area contributed by atoms with E-state index in [9.17, 15) is 9.18 Å². The molecule has 1 aliphatic rings. The van der Waals surface area contributed by atoms with E-state index in [0.29, 0.717) is 28.8 Å². The number of thioether (sulfide) groups is 1. The highest BCUT2D eigenvalue weighted by atomic mass is 32.2. The summed E-state index contributed by atoms with van der Waals surface area (Å²) in [7, 11) is 0. The van der Waals surface area contributed by atoms with Gasteiger partial charge in [-0.15, -0.1) is 21.5 Å². The Bertz CT molecular complexity index is 1270. The monoisotopic (exact) mass is 428 g/mol. The number of rotatable bonds is 4. The predicted octanol–water partition coefficient (Wildman–Crippen LogP) is 4.83. The zero-order valence-electron chi connectivity index (χ0n) is 16.2. The van der Waals surface area contributed by atoms with Gasteiger partial charge in [0.2, 0.25) is 5.78 Å². The summed E-state index contributed by atoms with van der Waals surface area (Å²) >= 11 is 3.16. The van der Waals surface area contributed by atoms with Crippen molar-refractivity contribution < 1.29 is 4.39 Å². The summed E-state index contributed by atoms with van der Waals surface area (Å²) in [5, 5.41) is 10.2. The molecule has 8 heteroatoms. The Balaban J connectivity index is 1.69. The fraction of sp³-hybridized carbons (Fsp3) is 0.381. The number of hydrogen-bond donors (Lipinski definition) is 0. The number of aryl methyl sites for hydroxylation is 3. The molecule has 0 amide bonds. The molecule has 0 fully saturated rings. The van der Waals surface area contributed by atoms with Crippen molar-refractivity contribution in [2.75, 3.05) is 0 Å². The van der Waals surface area contributed by atoms with Crippen LogP contribution in [0.25, 0.3) is 16.0 Å². The molecule has 0 N–H and O–H groups in total. The highest BCUT2D eigenvalue weighted by Crippen LogP contribution is 2.36. The molecule has 5 nitrogen and oxygen atoms in total. The molecular weight excluding hydrogens is 407 g/mol. The Morgan fingerprint density at radius 1 is 1.17 bits per heavy atom. The number of benzene rings is 1. The Kier molecular flexibility index (Phi) is 4.91. The van der Waals surface area contributed by atoms with Crippen molar-refractivity contribution in [3.05, 3.63) is 56.4 Å². The van der Waals surface area contributed by atoms with Gasteiger partial charge in [-0.2, -0.15) is 0 Å². The van der Waals surface area contributed by atoms with Gasteiger partial charge < -0.3 is 0 Å². The molecule has 1 aliphatic carbocycles. The van der Waals surface area contributed by atoms with Crippen LogP contribution in [0.1, 0.15) is 42.2 Å². The van der Waals surface area contributed by atoms with E-state index >= 15 is 0 Å². The SMILES string of the molecule is CCn1c(=O)c2c3c(sc2n2c(SCc4ccccc4F)nnc12)CCCCC3. The molecule has 0 saturated carbocycles. The van der Waals surface area contributed by atoms with Gasteiger partial charge in [-0.05, 0) is 49.8 Å². The highest BCUT2D eigenvalue weighted by molar-refractivity contribution is 7.98. The molecule has 0 aliphatic heterocycles. The number of hydrogen-bond acceptors (Lipinski definition) is 5. The molecule has 3 heterocycles. The molecule has 0 atom stereocenters. The van der Waals surface area contributed by atoms with Crippen LogP contribution < -0.4 is 5.56 Å². The van der Waals surface area contributed by atoms with E-state index in [-0.39, 0.29) is 11.4 Å². The van der Waals surface area contributed by atoms with Crippen molar-refractivity contribution in [2.24, 2.45) is 0 Å². The lowest BCUT2D eigenvalue weighted by molar-refractivity contribution is 0.617. The third kappa shape index (κ3) is 3.09. The van der Waals surface area contributed by atoms with Crippen molar-refractivity contribution in [3.63, 3.8) is 0 Å². The van der Waals surface area contributed by atoms with Gasteiger partial charge in [0.15, 0.2) is 5.16 Å². The minimum atomic E-state index is -0.215.